The van der Waals surface area contributed by atoms with E-state index in [1.165, 1.54) is 17.6 Å². The first-order valence-electron chi connectivity index (χ1n) is 5.37. The monoisotopic (exact) mass is 251 g/mol. The van der Waals surface area contributed by atoms with Crippen molar-refractivity contribution in [2.24, 2.45) is 5.73 Å². The summed E-state index contributed by atoms with van der Waals surface area (Å²) in [6.45, 7) is 3.84. The molecule has 2 rings (SSSR count). The largest absolute Gasteiger partial charge is 0.323 e. The van der Waals surface area contributed by atoms with E-state index in [-0.39, 0.29) is 11.9 Å². The van der Waals surface area contributed by atoms with Crippen LogP contribution in [0.3, 0.4) is 0 Å². The van der Waals surface area contributed by atoms with Crippen LogP contribution >= 0.6 is 11.5 Å². The summed E-state index contributed by atoms with van der Waals surface area (Å²) >= 11 is 1.31. The Balaban J connectivity index is 2.21. The number of nitrogens with two attached hydrogens (primary N) is 1. The summed E-state index contributed by atoms with van der Waals surface area (Å²) in [4.78, 5) is 0.966. The lowest BCUT2D eigenvalue weighted by atomic mass is 10.00. The van der Waals surface area contributed by atoms with Crippen LogP contribution in [0.25, 0.3) is 0 Å². The van der Waals surface area contributed by atoms with Gasteiger partial charge in [-0.3, -0.25) is 0 Å². The molecule has 0 fully saturated rings. The number of hydrogen-bond donors (Lipinski definition) is 1. The zero-order valence-electron chi connectivity index (χ0n) is 9.77. The van der Waals surface area contributed by atoms with E-state index in [2.05, 4.69) is 9.59 Å². The maximum absolute atomic E-state index is 13.2. The number of nitrogens with zero attached hydrogens (tertiary/aromatic N) is 2. The van der Waals surface area contributed by atoms with Gasteiger partial charge in [0.2, 0.25) is 0 Å². The van der Waals surface area contributed by atoms with Crippen molar-refractivity contribution in [3.05, 3.63) is 45.7 Å². The molecule has 1 unspecified atom stereocenters. The summed E-state index contributed by atoms with van der Waals surface area (Å²) in [7, 11) is 0. The molecule has 0 radical (unpaired) electrons. The predicted octanol–water partition coefficient (Wildman–Crippen LogP) is 2.54. The molecule has 0 saturated heterocycles. The molecular formula is C12H14FN3S. The van der Waals surface area contributed by atoms with E-state index in [1.807, 2.05) is 13.8 Å². The van der Waals surface area contributed by atoms with Gasteiger partial charge in [0.25, 0.3) is 0 Å². The standard InChI is InChI=1S/C12H14FN3S/c1-7-3-4-10(13)5-9(7)6-11(14)12-8(2)15-16-17-12/h3-5,11H,6,14H2,1-2H3. The highest BCUT2D eigenvalue weighted by Gasteiger charge is 2.14. The van der Waals surface area contributed by atoms with E-state index in [0.717, 1.165) is 21.7 Å². The van der Waals surface area contributed by atoms with Crippen molar-refractivity contribution >= 4 is 11.5 Å². The average Bonchev–Trinajstić information content (AvgIpc) is 2.70. The van der Waals surface area contributed by atoms with E-state index in [1.54, 1.807) is 12.1 Å². The van der Waals surface area contributed by atoms with Gasteiger partial charge in [-0.2, -0.15) is 0 Å². The van der Waals surface area contributed by atoms with Crippen LogP contribution in [-0.2, 0) is 6.42 Å². The molecule has 0 aliphatic rings. The second-order valence-electron chi connectivity index (χ2n) is 4.10. The van der Waals surface area contributed by atoms with E-state index in [0.29, 0.717) is 6.42 Å². The molecule has 1 atom stereocenters. The van der Waals surface area contributed by atoms with Gasteiger partial charge in [-0.25, -0.2) is 4.39 Å². The SMILES string of the molecule is Cc1ccc(F)cc1CC(N)c1snnc1C. The van der Waals surface area contributed by atoms with E-state index in [9.17, 15) is 4.39 Å². The van der Waals surface area contributed by atoms with Crippen LogP contribution in [0.15, 0.2) is 18.2 Å². The van der Waals surface area contributed by atoms with Gasteiger partial charge < -0.3 is 5.73 Å². The third-order valence-corrected chi connectivity index (χ3v) is 3.73. The minimum Gasteiger partial charge on any atom is -0.323 e. The number of aryl methyl sites for hydroxylation is 2. The fourth-order valence-electron chi connectivity index (χ4n) is 1.77. The van der Waals surface area contributed by atoms with Crippen LogP contribution in [0, 0.1) is 19.7 Å². The van der Waals surface area contributed by atoms with Gasteiger partial charge in [-0.05, 0) is 55.1 Å². The zero-order valence-corrected chi connectivity index (χ0v) is 10.6. The minimum absolute atomic E-state index is 0.171. The molecule has 90 valence electrons. The zero-order chi connectivity index (χ0) is 12.4. The van der Waals surface area contributed by atoms with Gasteiger partial charge in [-0.15, -0.1) is 5.10 Å². The highest BCUT2D eigenvalue weighted by molar-refractivity contribution is 7.05. The van der Waals surface area contributed by atoms with Crippen LogP contribution in [-0.4, -0.2) is 9.59 Å². The summed E-state index contributed by atoms with van der Waals surface area (Å²) in [6.07, 6.45) is 0.605. The Hall–Kier alpha value is -1.33. The number of benzene rings is 1. The first kappa shape index (κ1) is 12.1. The highest BCUT2D eigenvalue weighted by atomic mass is 32.1. The van der Waals surface area contributed by atoms with Gasteiger partial charge in [0.15, 0.2) is 0 Å². The van der Waals surface area contributed by atoms with Crippen molar-refractivity contribution in [3.63, 3.8) is 0 Å². The fourth-order valence-corrected chi connectivity index (χ4v) is 2.41. The molecule has 0 spiro atoms. The normalized spacial score (nSPS) is 12.7. The molecule has 0 saturated carbocycles. The highest BCUT2D eigenvalue weighted by Crippen LogP contribution is 2.23. The first-order valence-corrected chi connectivity index (χ1v) is 6.14. The lowest BCUT2D eigenvalue weighted by Crippen LogP contribution is -2.14. The van der Waals surface area contributed by atoms with E-state index >= 15 is 0 Å². The fraction of sp³-hybridized carbons (Fsp3) is 0.333. The Bertz CT molecular complexity index is 524. The van der Waals surface area contributed by atoms with Crippen molar-refractivity contribution in [1.82, 2.24) is 9.59 Å². The number of rotatable bonds is 3. The molecule has 2 aromatic rings. The van der Waals surface area contributed by atoms with Gasteiger partial charge >= 0.3 is 0 Å². The molecule has 1 heterocycles. The summed E-state index contributed by atoms with van der Waals surface area (Å²) in [5, 5.41) is 3.93. The molecule has 1 aromatic heterocycles. The van der Waals surface area contributed by atoms with Crippen molar-refractivity contribution < 1.29 is 4.39 Å². The topological polar surface area (TPSA) is 51.8 Å². The molecule has 0 bridgehead atoms. The molecule has 2 N–H and O–H groups in total. The van der Waals surface area contributed by atoms with Crippen molar-refractivity contribution in [1.29, 1.82) is 0 Å². The number of aromatic nitrogens is 2. The molecule has 0 aliphatic heterocycles. The van der Waals surface area contributed by atoms with Crippen molar-refractivity contribution in [2.45, 2.75) is 26.3 Å². The van der Waals surface area contributed by atoms with Gasteiger partial charge in [-0.1, -0.05) is 10.6 Å². The summed E-state index contributed by atoms with van der Waals surface area (Å²) in [5.41, 5.74) is 8.95. The maximum atomic E-state index is 13.2. The maximum Gasteiger partial charge on any atom is 0.123 e. The molecule has 0 aliphatic carbocycles. The predicted molar refractivity (Wildman–Crippen MR) is 66.4 cm³/mol. The van der Waals surface area contributed by atoms with Crippen LogP contribution in [0.2, 0.25) is 0 Å². The Kier molecular flexibility index (Phi) is 3.49. The second kappa shape index (κ2) is 4.89. The summed E-state index contributed by atoms with van der Waals surface area (Å²) in [6, 6.07) is 4.60. The lowest BCUT2D eigenvalue weighted by Gasteiger charge is -2.12. The molecular weight excluding hydrogens is 237 g/mol. The molecule has 0 amide bonds. The van der Waals surface area contributed by atoms with Crippen LogP contribution in [0.1, 0.15) is 27.7 Å². The van der Waals surface area contributed by atoms with Crippen LogP contribution < -0.4 is 5.73 Å². The van der Waals surface area contributed by atoms with Gasteiger partial charge in [0.05, 0.1) is 10.6 Å². The van der Waals surface area contributed by atoms with Crippen LogP contribution in [0.5, 0.6) is 0 Å². The van der Waals surface area contributed by atoms with Gasteiger partial charge in [0, 0.05) is 6.04 Å². The lowest BCUT2D eigenvalue weighted by molar-refractivity contribution is 0.621. The molecule has 1 aromatic carbocycles. The average molecular weight is 251 g/mol. The Morgan fingerprint density at radius 1 is 1.41 bits per heavy atom. The second-order valence-corrected chi connectivity index (χ2v) is 4.89. The quantitative estimate of drug-likeness (QED) is 0.912. The number of hydrogen-bond acceptors (Lipinski definition) is 4. The van der Waals surface area contributed by atoms with Crippen molar-refractivity contribution in [3.8, 4) is 0 Å². The third-order valence-electron chi connectivity index (χ3n) is 2.77. The number of halogens is 1. The third kappa shape index (κ3) is 2.68. The van der Waals surface area contributed by atoms with Gasteiger partial charge in [0.1, 0.15) is 5.82 Å². The van der Waals surface area contributed by atoms with Crippen LogP contribution in [0.4, 0.5) is 4.39 Å². The smallest absolute Gasteiger partial charge is 0.123 e. The molecule has 3 nitrogen and oxygen atoms in total. The molecule has 5 heteroatoms. The summed E-state index contributed by atoms with van der Waals surface area (Å²) < 4.78 is 17.0. The minimum atomic E-state index is -0.225. The van der Waals surface area contributed by atoms with Crippen molar-refractivity contribution in [2.75, 3.05) is 0 Å². The molecule has 17 heavy (non-hydrogen) atoms. The first-order chi connectivity index (χ1) is 8.08. The Morgan fingerprint density at radius 3 is 2.82 bits per heavy atom. The van der Waals surface area contributed by atoms with E-state index < -0.39 is 0 Å². The summed E-state index contributed by atoms with van der Waals surface area (Å²) in [5.74, 6) is -0.225. The Labute approximate surface area is 104 Å². The van der Waals surface area contributed by atoms with E-state index in [4.69, 9.17) is 5.73 Å². The Morgan fingerprint density at radius 2 is 2.18 bits per heavy atom.